The van der Waals surface area contributed by atoms with E-state index in [-0.39, 0.29) is 11.9 Å². The summed E-state index contributed by atoms with van der Waals surface area (Å²) in [4.78, 5) is 28.3. The Morgan fingerprint density at radius 3 is 3.06 bits per heavy atom. The summed E-state index contributed by atoms with van der Waals surface area (Å²) >= 11 is 0. The minimum absolute atomic E-state index is 0.134. The molecule has 1 unspecified atom stereocenters. The fraction of sp³-hybridized carbons (Fsp3) is 0.500. The van der Waals surface area contributed by atoms with Crippen LogP contribution in [0.1, 0.15) is 30.3 Å². The highest BCUT2D eigenvalue weighted by molar-refractivity contribution is 5.95. The van der Waals surface area contributed by atoms with E-state index in [1.165, 1.54) is 0 Å². The second kappa shape index (κ2) is 5.03. The molecule has 5 heteroatoms. The lowest BCUT2D eigenvalue weighted by Crippen LogP contribution is -2.41. The number of ether oxygens (including phenoxy) is 1. The first-order valence-electron chi connectivity index (χ1n) is 5.85. The van der Waals surface area contributed by atoms with Crippen LogP contribution in [0.5, 0.6) is 0 Å². The molecule has 92 valence electrons. The van der Waals surface area contributed by atoms with Crippen molar-refractivity contribution in [2.45, 2.75) is 25.8 Å². The zero-order valence-electron chi connectivity index (χ0n) is 9.81. The standard InChI is InChI=1S/C12H16N2O3/c1-2-17-12(16)10-6-4-8-14(10)11(15)9-5-3-7-13-9/h3,5,7,10,13H,2,4,6,8H2,1H3. The van der Waals surface area contributed by atoms with E-state index < -0.39 is 6.04 Å². The number of nitrogens with one attached hydrogen (secondary N) is 1. The molecule has 0 saturated carbocycles. The summed E-state index contributed by atoms with van der Waals surface area (Å²) in [7, 11) is 0. The van der Waals surface area contributed by atoms with Gasteiger partial charge in [-0.05, 0) is 31.9 Å². The third-order valence-corrected chi connectivity index (χ3v) is 2.90. The Labute approximate surface area is 99.8 Å². The maximum absolute atomic E-state index is 12.1. The van der Waals surface area contributed by atoms with E-state index in [0.717, 1.165) is 6.42 Å². The van der Waals surface area contributed by atoms with Crippen molar-refractivity contribution in [3.05, 3.63) is 24.0 Å². The molecule has 1 aliphatic rings. The molecular formula is C12H16N2O3. The Kier molecular flexibility index (Phi) is 3.46. The molecule has 0 spiro atoms. The van der Waals surface area contributed by atoms with Gasteiger partial charge < -0.3 is 14.6 Å². The maximum atomic E-state index is 12.1. The van der Waals surface area contributed by atoms with Gasteiger partial charge in [-0.1, -0.05) is 0 Å². The number of hydrogen-bond acceptors (Lipinski definition) is 3. The molecule has 1 amide bonds. The van der Waals surface area contributed by atoms with Crippen molar-refractivity contribution < 1.29 is 14.3 Å². The van der Waals surface area contributed by atoms with Gasteiger partial charge in [0, 0.05) is 12.7 Å². The van der Waals surface area contributed by atoms with Crippen LogP contribution in [0.2, 0.25) is 0 Å². The van der Waals surface area contributed by atoms with Gasteiger partial charge in [0.05, 0.1) is 6.61 Å². The fourth-order valence-corrected chi connectivity index (χ4v) is 2.11. The van der Waals surface area contributed by atoms with Crippen LogP contribution in [0.25, 0.3) is 0 Å². The van der Waals surface area contributed by atoms with E-state index >= 15 is 0 Å². The largest absolute Gasteiger partial charge is 0.464 e. The first-order valence-corrected chi connectivity index (χ1v) is 5.85. The van der Waals surface area contributed by atoms with Crippen molar-refractivity contribution in [1.82, 2.24) is 9.88 Å². The lowest BCUT2D eigenvalue weighted by molar-refractivity contribution is -0.147. The third-order valence-electron chi connectivity index (χ3n) is 2.90. The Hall–Kier alpha value is -1.78. The lowest BCUT2D eigenvalue weighted by Gasteiger charge is -2.22. The minimum atomic E-state index is -0.425. The van der Waals surface area contributed by atoms with Gasteiger partial charge in [0.25, 0.3) is 5.91 Å². The van der Waals surface area contributed by atoms with Gasteiger partial charge in [-0.2, -0.15) is 0 Å². The second-order valence-corrected chi connectivity index (χ2v) is 3.99. The average Bonchev–Trinajstić information content (AvgIpc) is 3.00. The number of H-pyrrole nitrogens is 1. The van der Waals surface area contributed by atoms with Gasteiger partial charge in [-0.15, -0.1) is 0 Å². The number of esters is 1. The van der Waals surface area contributed by atoms with Gasteiger partial charge in [-0.25, -0.2) is 4.79 Å². The smallest absolute Gasteiger partial charge is 0.328 e. The van der Waals surface area contributed by atoms with Crippen molar-refractivity contribution >= 4 is 11.9 Å². The van der Waals surface area contributed by atoms with Crippen LogP contribution in [-0.4, -0.2) is 41.0 Å². The zero-order valence-corrected chi connectivity index (χ0v) is 9.81. The minimum Gasteiger partial charge on any atom is -0.464 e. The monoisotopic (exact) mass is 236 g/mol. The van der Waals surface area contributed by atoms with Crippen LogP contribution in [-0.2, 0) is 9.53 Å². The molecule has 1 N–H and O–H groups in total. The topological polar surface area (TPSA) is 62.4 Å². The van der Waals surface area contributed by atoms with Crippen molar-refractivity contribution in [1.29, 1.82) is 0 Å². The Morgan fingerprint density at radius 2 is 2.41 bits per heavy atom. The van der Waals surface area contributed by atoms with Crippen molar-refractivity contribution in [3.63, 3.8) is 0 Å². The summed E-state index contributed by atoms with van der Waals surface area (Å²) in [6.45, 7) is 2.73. The van der Waals surface area contributed by atoms with Crippen LogP contribution in [0.15, 0.2) is 18.3 Å². The number of amides is 1. The molecule has 5 nitrogen and oxygen atoms in total. The first-order chi connectivity index (χ1) is 8.24. The molecule has 1 saturated heterocycles. The molecular weight excluding hydrogens is 220 g/mol. The van der Waals surface area contributed by atoms with Crippen molar-refractivity contribution in [2.75, 3.05) is 13.2 Å². The molecule has 0 aromatic carbocycles. The normalized spacial score (nSPS) is 19.4. The Balaban J connectivity index is 2.09. The van der Waals surface area contributed by atoms with Gasteiger partial charge in [0.1, 0.15) is 11.7 Å². The van der Waals surface area contributed by atoms with E-state index in [1.807, 2.05) is 0 Å². The quantitative estimate of drug-likeness (QED) is 0.802. The van der Waals surface area contributed by atoms with E-state index in [0.29, 0.717) is 25.3 Å². The molecule has 0 radical (unpaired) electrons. The molecule has 2 rings (SSSR count). The van der Waals surface area contributed by atoms with Crippen molar-refractivity contribution in [3.8, 4) is 0 Å². The summed E-state index contributed by atoms with van der Waals surface area (Å²) in [5, 5.41) is 0. The summed E-state index contributed by atoms with van der Waals surface area (Å²) < 4.78 is 4.98. The lowest BCUT2D eigenvalue weighted by atomic mass is 10.2. The summed E-state index contributed by atoms with van der Waals surface area (Å²) in [5.41, 5.74) is 0.515. The average molecular weight is 236 g/mol. The van der Waals surface area contributed by atoms with E-state index in [9.17, 15) is 9.59 Å². The number of likely N-dealkylation sites (tertiary alicyclic amines) is 1. The highest BCUT2D eigenvalue weighted by Gasteiger charge is 2.35. The highest BCUT2D eigenvalue weighted by Crippen LogP contribution is 2.20. The van der Waals surface area contributed by atoms with Crippen LogP contribution < -0.4 is 0 Å². The molecule has 1 fully saturated rings. The molecule has 1 aromatic heterocycles. The SMILES string of the molecule is CCOC(=O)C1CCCN1C(=O)c1ccc[nH]1. The summed E-state index contributed by atoms with van der Waals surface area (Å²) in [6, 6.07) is 3.05. The van der Waals surface area contributed by atoms with Crippen molar-refractivity contribution in [2.24, 2.45) is 0 Å². The third kappa shape index (κ3) is 2.33. The van der Waals surface area contributed by atoms with Crippen LogP contribution in [0.4, 0.5) is 0 Å². The molecule has 1 atom stereocenters. The Bertz CT molecular complexity index is 400. The van der Waals surface area contributed by atoms with Crippen LogP contribution >= 0.6 is 0 Å². The van der Waals surface area contributed by atoms with E-state index in [1.54, 1.807) is 30.2 Å². The Morgan fingerprint density at radius 1 is 1.59 bits per heavy atom. The predicted molar refractivity (Wildman–Crippen MR) is 61.5 cm³/mol. The molecule has 0 aliphatic carbocycles. The number of aromatic amines is 1. The molecule has 1 aliphatic heterocycles. The zero-order chi connectivity index (χ0) is 12.3. The van der Waals surface area contributed by atoms with Crippen LogP contribution in [0.3, 0.4) is 0 Å². The predicted octanol–water partition coefficient (Wildman–Crippen LogP) is 1.18. The summed E-state index contributed by atoms with van der Waals surface area (Å²) in [5.74, 6) is -0.435. The van der Waals surface area contributed by atoms with E-state index in [2.05, 4.69) is 4.98 Å². The number of hydrogen-bond donors (Lipinski definition) is 1. The number of rotatable bonds is 3. The van der Waals surface area contributed by atoms with Gasteiger partial charge in [-0.3, -0.25) is 4.79 Å². The molecule has 1 aromatic rings. The van der Waals surface area contributed by atoms with E-state index in [4.69, 9.17) is 4.74 Å². The fourth-order valence-electron chi connectivity index (χ4n) is 2.11. The number of carbonyl (C=O) groups excluding carboxylic acids is 2. The maximum Gasteiger partial charge on any atom is 0.328 e. The molecule has 0 bridgehead atoms. The number of nitrogens with zero attached hydrogens (tertiary/aromatic N) is 1. The van der Waals surface area contributed by atoms with Gasteiger partial charge in [0.2, 0.25) is 0 Å². The van der Waals surface area contributed by atoms with Gasteiger partial charge in [0.15, 0.2) is 0 Å². The number of carbonyl (C=O) groups is 2. The second-order valence-electron chi connectivity index (χ2n) is 3.99. The van der Waals surface area contributed by atoms with Crippen LogP contribution in [0, 0.1) is 0 Å². The molecule has 2 heterocycles. The highest BCUT2D eigenvalue weighted by atomic mass is 16.5. The summed E-state index contributed by atoms with van der Waals surface area (Å²) in [6.07, 6.45) is 3.23. The first kappa shape index (κ1) is 11.7. The number of aromatic nitrogens is 1. The molecule has 17 heavy (non-hydrogen) atoms. The van der Waals surface area contributed by atoms with Gasteiger partial charge >= 0.3 is 5.97 Å².